The zero-order valence-electron chi connectivity index (χ0n) is 14.6. The quantitative estimate of drug-likeness (QED) is 0.571. The van der Waals surface area contributed by atoms with E-state index in [9.17, 15) is 9.59 Å². The Labute approximate surface area is 163 Å². The third kappa shape index (κ3) is 3.51. The second-order valence-electron chi connectivity index (χ2n) is 6.66. The highest BCUT2D eigenvalue weighted by Crippen LogP contribution is 2.41. The summed E-state index contributed by atoms with van der Waals surface area (Å²) in [6.07, 6.45) is 0.140. The van der Waals surface area contributed by atoms with Crippen molar-refractivity contribution >= 4 is 29.0 Å². The average Bonchev–Trinajstić information content (AvgIpc) is 2.94. The second-order valence-corrected chi connectivity index (χ2v) is 7.10. The van der Waals surface area contributed by atoms with E-state index in [4.69, 9.17) is 11.6 Å². The number of nitrogens with zero attached hydrogens (tertiary/aromatic N) is 1. The van der Waals surface area contributed by atoms with Crippen molar-refractivity contribution in [2.45, 2.75) is 18.9 Å². The Morgan fingerprint density at radius 3 is 2.30 bits per heavy atom. The molecule has 0 radical (unpaired) electrons. The van der Waals surface area contributed by atoms with Crippen LogP contribution in [0.2, 0.25) is 5.02 Å². The van der Waals surface area contributed by atoms with Crippen molar-refractivity contribution in [2.24, 2.45) is 0 Å². The average molecular weight is 376 g/mol. The number of Topliss-reactive ketones (excluding diaryl/α,β-unsaturated/α-hetero) is 1. The summed E-state index contributed by atoms with van der Waals surface area (Å²) in [5.41, 5.74) is 3.32. The minimum Gasteiger partial charge on any atom is -0.307 e. The number of amides is 1. The summed E-state index contributed by atoms with van der Waals surface area (Å²) in [7, 11) is 0. The van der Waals surface area contributed by atoms with Crippen LogP contribution in [-0.2, 0) is 11.3 Å². The molecule has 27 heavy (non-hydrogen) atoms. The van der Waals surface area contributed by atoms with Gasteiger partial charge in [0.15, 0.2) is 5.78 Å². The van der Waals surface area contributed by atoms with E-state index in [0.29, 0.717) is 17.1 Å². The molecule has 0 spiro atoms. The SMILES string of the molecule is O=C(CC1C(=O)N(Cc2ccccc2)c2ccc(Cl)cc21)c1ccccc1. The van der Waals surface area contributed by atoms with Crippen LogP contribution in [0.1, 0.15) is 33.8 Å². The molecule has 1 atom stereocenters. The zero-order valence-corrected chi connectivity index (χ0v) is 15.4. The standard InChI is InChI=1S/C23H18ClNO2/c24-18-11-12-21-19(13-18)20(14-22(26)17-9-5-2-6-10-17)23(27)25(21)15-16-7-3-1-4-8-16/h1-13,20H,14-15H2. The van der Waals surface area contributed by atoms with Crippen LogP contribution in [0.5, 0.6) is 0 Å². The Hall–Kier alpha value is -2.91. The lowest BCUT2D eigenvalue weighted by atomic mass is 9.93. The monoisotopic (exact) mass is 375 g/mol. The molecule has 3 aromatic carbocycles. The minimum atomic E-state index is -0.505. The number of anilines is 1. The predicted octanol–water partition coefficient (Wildman–Crippen LogP) is 5.24. The molecular formula is C23H18ClNO2. The van der Waals surface area contributed by atoms with Gasteiger partial charge >= 0.3 is 0 Å². The Morgan fingerprint density at radius 1 is 0.926 bits per heavy atom. The van der Waals surface area contributed by atoms with Crippen LogP contribution in [0.4, 0.5) is 5.69 Å². The minimum absolute atomic E-state index is 0.0403. The van der Waals surface area contributed by atoms with Crippen molar-refractivity contribution in [2.75, 3.05) is 4.90 Å². The molecule has 0 aliphatic carbocycles. The predicted molar refractivity (Wildman–Crippen MR) is 107 cm³/mol. The summed E-state index contributed by atoms with van der Waals surface area (Å²) >= 11 is 6.18. The Morgan fingerprint density at radius 2 is 1.59 bits per heavy atom. The smallest absolute Gasteiger partial charge is 0.235 e. The topological polar surface area (TPSA) is 37.4 Å². The van der Waals surface area contributed by atoms with Gasteiger partial charge < -0.3 is 4.90 Å². The Kier molecular flexibility index (Phi) is 4.78. The van der Waals surface area contributed by atoms with Gasteiger partial charge in [-0.1, -0.05) is 72.3 Å². The lowest BCUT2D eigenvalue weighted by Crippen LogP contribution is -2.29. The Balaban J connectivity index is 1.65. The zero-order chi connectivity index (χ0) is 18.8. The number of hydrogen-bond donors (Lipinski definition) is 0. The van der Waals surface area contributed by atoms with Gasteiger partial charge in [-0.3, -0.25) is 9.59 Å². The first kappa shape index (κ1) is 17.5. The van der Waals surface area contributed by atoms with E-state index < -0.39 is 5.92 Å². The van der Waals surface area contributed by atoms with E-state index in [1.807, 2.05) is 60.7 Å². The molecule has 0 saturated heterocycles. The van der Waals surface area contributed by atoms with Crippen molar-refractivity contribution in [3.8, 4) is 0 Å². The van der Waals surface area contributed by atoms with E-state index in [0.717, 1.165) is 16.8 Å². The normalized spacial score (nSPS) is 15.7. The summed E-state index contributed by atoms with van der Waals surface area (Å²) < 4.78 is 0. The third-order valence-electron chi connectivity index (χ3n) is 4.89. The van der Waals surface area contributed by atoms with E-state index in [2.05, 4.69) is 0 Å². The van der Waals surface area contributed by atoms with Gasteiger partial charge in [-0.15, -0.1) is 0 Å². The molecule has 1 amide bonds. The van der Waals surface area contributed by atoms with Crippen LogP contribution >= 0.6 is 11.6 Å². The highest BCUT2D eigenvalue weighted by atomic mass is 35.5. The van der Waals surface area contributed by atoms with Crippen molar-refractivity contribution in [1.29, 1.82) is 0 Å². The van der Waals surface area contributed by atoms with Crippen LogP contribution in [-0.4, -0.2) is 11.7 Å². The van der Waals surface area contributed by atoms with Crippen molar-refractivity contribution in [3.05, 3.63) is 101 Å². The molecule has 134 valence electrons. The molecule has 4 rings (SSSR count). The van der Waals surface area contributed by atoms with E-state index >= 15 is 0 Å². The van der Waals surface area contributed by atoms with Crippen LogP contribution in [0.15, 0.2) is 78.9 Å². The van der Waals surface area contributed by atoms with Crippen LogP contribution in [0.25, 0.3) is 0 Å². The molecule has 0 fully saturated rings. The first-order valence-electron chi connectivity index (χ1n) is 8.86. The lowest BCUT2D eigenvalue weighted by molar-refractivity contribution is -0.119. The van der Waals surface area contributed by atoms with Gasteiger partial charge in [0.1, 0.15) is 0 Å². The van der Waals surface area contributed by atoms with Crippen LogP contribution in [0, 0.1) is 0 Å². The molecule has 0 bridgehead atoms. The van der Waals surface area contributed by atoms with E-state index in [1.165, 1.54) is 0 Å². The summed E-state index contributed by atoms with van der Waals surface area (Å²) in [4.78, 5) is 27.6. The molecule has 0 saturated carbocycles. The summed E-state index contributed by atoms with van der Waals surface area (Å²) in [5, 5.41) is 0.570. The first-order valence-corrected chi connectivity index (χ1v) is 9.24. The fraction of sp³-hybridized carbons (Fsp3) is 0.130. The van der Waals surface area contributed by atoms with Gasteiger partial charge in [0.2, 0.25) is 5.91 Å². The molecule has 1 heterocycles. The van der Waals surface area contributed by atoms with Crippen molar-refractivity contribution in [3.63, 3.8) is 0 Å². The third-order valence-corrected chi connectivity index (χ3v) is 5.12. The number of hydrogen-bond acceptors (Lipinski definition) is 2. The number of halogens is 1. The molecule has 3 nitrogen and oxygen atoms in total. The van der Waals surface area contributed by atoms with Gasteiger partial charge in [-0.25, -0.2) is 0 Å². The Bertz CT molecular complexity index is 986. The molecule has 0 aromatic heterocycles. The maximum Gasteiger partial charge on any atom is 0.235 e. The molecule has 1 unspecified atom stereocenters. The number of carbonyl (C=O) groups is 2. The van der Waals surface area contributed by atoms with Crippen molar-refractivity contribution in [1.82, 2.24) is 0 Å². The second kappa shape index (κ2) is 7.37. The largest absolute Gasteiger partial charge is 0.307 e. The van der Waals surface area contributed by atoms with E-state index in [1.54, 1.807) is 23.1 Å². The molecule has 4 heteroatoms. The number of benzene rings is 3. The van der Waals surface area contributed by atoms with Crippen LogP contribution < -0.4 is 4.90 Å². The van der Waals surface area contributed by atoms with E-state index in [-0.39, 0.29) is 18.1 Å². The lowest BCUT2D eigenvalue weighted by Gasteiger charge is -2.18. The maximum atomic E-state index is 13.2. The number of rotatable bonds is 5. The first-order chi connectivity index (χ1) is 13.1. The summed E-state index contributed by atoms with van der Waals surface area (Å²) in [5.74, 6) is -0.600. The highest BCUT2D eigenvalue weighted by molar-refractivity contribution is 6.31. The van der Waals surface area contributed by atoms with Gasteiger partial charge in [0.25, 0.3) is 0 Å². The molecule has 1 aliphatic heterocycles. The van der Waals surface area contributed by atoms with Crippen molar-refractivity contribution < 1.29 is 9.59 Å². The highest BCUT2D eigenvalue weighted by Gasteiger charge is 2.38. The van der Waals surface area contributed by atoms with Gasteiger partial charge in [0, 0.05) is 22.7 Å². The van der Waals surface area contributed by atoms with Crippen LogP contribution in [0.3, 0.4) is 0 Å². The number of fused-ring (bicyclic) bond motifs is 1. The van der Waals surface area contributed by atoms with Gasteiger partial charge in [-0.2, -0.15) is 0 Å². The fourth-order valence-corrected chi connectivity index (χ4v) is 3.72. The number of ketones is 1. The number of carbonyl (C=O) groups excluding carboxylic acids is 2. The van der Waals surface area contributed by atoms with Gasteiger partial charge in [-0.05, 0) is 29.3 Å². The fourth-order valence-electron chi connectivity index (χ4n) is 3.54. The molecule has 1 aliphatic rings. The summed E-state index contributed by atoms with van der Waals surface area (Å²) in [6.45, 7) is 0.477. The molecule has 3 aromatic rings. The molecular weight excluding hydrogens is 358 g/mol. The molecule has 0 N–H and O–H groups in total. The maximum absolute atomic E-state index is 13.2. The summed E-state index contributed by atoms with van der Waals surface area (Å²) in [6, 6.07) is 24.4. The van der Waals surface area contributed by atoms with Gasteiger partial charge in [0.05, 0.1) is 12.5 Å².